The first-order valence-electron chi connectivity index (χ1n) is 4.78. The maximum atomic E-state index is 10.8. The van der Waals surface area contributed by atoms with Crippen molar-refractivity contribution >= 4 is 12.0 Å². The van der Waals surface area contributed by atoms with E-state index in [1.165, 1.54) is 0 Å². The third-order valence-electron chi connectivity index (χ3n) is 2.02. The molecule has 3 N–H and O–H groups in total. The number of benzene rings is 1. The molecule has 1 unspecified atom stereocenters. The summed E-state index contributed by atoms with van der Waals surface area (Å²) >= 11 is 0. The molecule has 0 aliphatic rings. The van der Waals surface area contributed by atoms with Gasteiger partial charge in [0.25, 0.3) is 0 Å². The Morgan fingerprint density at radius 1 is 1.43 bits per heavy atom. The smallest absolute Gasteiger partial charge is 0.159 e. The number of aldehydes is 1. The molecule has 3 nitrogen and oxygen atoms in total. The number of hydrogen-bond acceptors (Lipinski definition) is 3. The molecule has 0 saturated carbocycles. The van der Waals surface area contributed by atoms with E-state index in [9.17, 15) is 4.79 Å². The summed E-state index contributed by atoms with van der Waals surface area (Å²) in [6.45, 7) is 2.00. The van der Waals surface area contributed by atoms with E-state index in [2.05, 4.69) is 5.32 Å². The first-order chi connectivity index (χ1) is 6.70. The van der Waals surface area contributed by atoms with Crippen LogP contribution < -0.4 is 11.1 Å². The van der Waals surface area contributed by atoms with E-state index in [4.69, 9.17) is 5.73 Å². The van der Waals surface area contributed by atoms with E-state index in [0.29, 0.717) is 6.42 Å². The van der Waals surface area contributed by atoms with Gasteiger partial charge in [0.05, 0.1) is 0 Å². The van der Waals surface area contributed by atoms with Crippen LogP contribution in [0.25, 0.3) is 0 Å². The van der Waals surface area contributed by atoms with E-state index < -0.39 is 5.66 Å². The van der Waals surface area contributed by atoms with Gasteiger partial charge in [-0.15, -0.1) is 0 Å². The fourth-order valence-corrected chi connectivity index (χ4v) is 1.35. The van der Waals surface area contributed by atoms with Crippen molar-refractivity contribution in [2.24, 2.45) is 5.73 Å². The summed E-state index contributed by atoms with van der Waals surface area (Å²) in [5.74, 6) is 0. The number of anilines is 1. The zero-order chi connectivity index (χ0) is 10.4. The first-order valence-corrected chi connectivity index (χ1v) is 4.78. The lowest BCUT2D eigenvalue weighted by Gasteiger charge is -2.25. The minimum atomic E-state index is -0.934. The van der Waals surface area contributed by atoms with Crippen molar-refractivity contribution in [2.75, 3.05) is 5.32 Å². The van der Waals surface area contributed by atoms with Gasteiger partial charge in [0.15, 0.2) is 6.29 Å². The van der Waals surface area contributed by atoms with Gasteiger partial charge < -0.3 is 11.1 Å². The monoisotopic (exact) mass is 192 g/mol. The second-order valence-electron chi connectivity index (χ2n) is 3.40. The Morgan fingerprint density at radius 2 is 2.07 bits per heavy atom. The van der Waals surface area contributed by atoms with Gasteiger partial charge in [-0.3, -0.25) is 4.79 Å². The Hall–Kier alpha value is -1.35. The maximum Gasteiger partial charge on any atom is 0.159 e. The van der Waals surface area contributed by atoms with Crippen LogP contribution >= 0.6 is 0 Å². The van der Waals surface area contributed by atoms with Crippen molar-refractivity contribution in [1.82, 2.24) is 0 Å². The van der Waals surface area contributed by atoms with Crippen LogP contribution in [-0.2, 0) is 4.79 Å². The zero-order valence-electron chi connectivity index (χ0n) is 8.36. The molecule has 0 aliphatic carbocycles. The Bertz CT molecular complexity index is 287. The van der Waals surface area contributed by atoms with E-state index in [-0.39, 0.29) is 0 Å². The van der Waals surface area contributed by atoms with E-state index in [1.807, 2.05) is 37.3 Å². The van der Waals surface area contributed by atoms with Gasteiger partial charge in [0.1, 0.15) is 5.66 Å². The van der Waals surface area contributed by atoms with Gasteiger partial charge in [-0.1, -0.05) is 31.5 Å². The lowest BCUT2D eigenvalue weighted by atomic mass is 10.1. The van der Waals surface area contributed by atoms with Crippen molar-refractivity contribution in [3.63, 3.8) is 0 Å². The predicted octanol–water partition coefficient (Wildman–Crippen LogP) is 1.75. The van der Waals surface area contributed by atoms with Crippen LogP contribution in [-0.4, -0.2) is 11.9 Å². The number of rotatable bonds is 5. The Labute approximate surface area is 84.3 Å². The molecule has 1 rings (SSSR count). The second-order valence-corrected chi connectivity index (χ2v) is 3.40. The molecule has 0 radical (unpaired) electrons. The highest BCUT2D eigenvalue weighted by Crippen LogP contribution is 2.13. The molecule has 14 heavy (non-hydrogen) atoms. The number of carbonyl (C=O) groups is 1. The summed E-state index contributed by atoms with van der Waals surface area (Å²) in [6, 6.07) is 9.50. The number of hydrogen-bond donors (Lipinski definition) is 2. The predicted molar refractivity (Wildman–Crippen MR) is 58.0 cm³/mol. The first kappa shape index (κ1) is 10.7. The summed E-state index contributed by atoms with van der Waals surface area (Å²) in [4.78, 5) is 10.8. The van der Waals surface area contributed by atoms with E-state index in [0.717, 1.165) is 18.4 Å². The van der Waals surface area contributed by atoms with Crippen LogP contribution in [0.5, 0.6) is 0 Å². The van der Waals surface area contributed by atoms with Gasteiger partial charge in [0, 0.05) is 5.69 Å². The maximum absolute atomic E-state index is 10.8. The molecule has 1 atom stereocenters. The highest BCUT2D eigenvalue weighted by Gasteiger charge is 2.22. The molecule has 1 aromatic rings. The van der Waals surface area contributed by atoms with Crippen molar-refractivity contribution in [3.8, 4) is 0 Å². The molecule has 0 spiro atoms. The molecular formula is C11H16N2O. The molecule has 0 aromatic heterocycles. The molecule has 0 heterocycles. The molecule has 0 amide bonds. The average molecular weight is 192 g/mol. The summed E-state index contributed by atoms with van der Waals surface area (Å²) in [5.41, 5.74) is 5.80. The summed E-state index contributed by atoms with van der Waals surface area (Å²) < 4.78 is 0. The Morgan fingerprint density at radius 3 is 2.57 bits per heavy atom. The third-order valence-corrected chi connectivity index (χ3v) is 2.02. The molecule has 3 heteroatoms. The largest absolute Gasteiger partial charge is 0.362 e. The SMILES string of the molecule is CCCC(N)(C=O)Nc1ccccc1. The van der Waals surface area contributed by atoms with Crippen LogP contribution in [0.3, 0.4) is 0 Å². The van der Waals surface area contributed by atoms with Crippen LogP contribution in [0, 0.1) is 0 Å². The fraction of sp³-hybridized carbons (Fsp3) is 0.364. The van der Waals surface area contributed by atoms with E-state index >= 15 is 0 Å². The molecular weight excluding hydrogens is 176 g/mol. The molecule has 0 saturated heterocycles. The minimum Gasteiger partial charge on any atom is -0.362 e. The van der Waals surface area contributed by atoms with Gasteiger partial charge in [-0.2, -0.15) is 0 Å². The van der Waals surface area contributed by atoms with Gasteiger partial charge in [-0.05, 0) is 18.6 Å². The highest BCUT2D eigenvalue weighted by atomic mass is 16.1. The van der Waals surface area contributed by atoms with Crippen molar-refractivity contribution < 1.29 is 4.79 Å². The molecule has 0 fully saturated rings. The third kappa shape index (κ3) is 2.85. The summed E-state index contributed by atoms with van der Waals surface area (Å²) in [5, 5.41) is 3.02. The van der Waals surface area contributed by atoms with Gasteiger partial charge in [-0.25, -0.2) is 0 Å². The van der Waals surface area contributed by atoms with Crippen molar-refractivity contribution in [3.05, 3.63) is 30.3 Å². The van der Waals surface area contributed by atoms with Crippen LogP contribution in [0.4, 0.5) is 5.69 Å². The molecule has 0 bridgehead atoms. The molecule has 0 aliphatic heterocycles. The van der Waals surface area contributed by atoms with Crippen LogP contribution in [0.2, 0.25) is 0 Å². The van der Waals surface area contributed by atoms with Crippen molar-refractivity contribution in [1.29, 1.82) is 0 Å². The standard InChI is InChI=1S/C11H16N2O/c1-2-8-11(12,9-14)13-10-6-4-3-5-7-10/h3-7,9,13H,2,8,12H2,1H3. The number of para-hydroxylation sites is 1. The lowest BCUT2D eigenvalue weighted by Crippen LogP contribution is -2.49. The zero-order valence-corrected chi connectivity index (χ0v) is 8.36. The minimum absolute atomic E-state index is 0.630. The van der Waals surface area contributed by atoms with E-state index in [1.54, 1.807) is 0 Å². The second kappa shape index (κ2) is 4.77. The average Bonchev–Trinajstić information content (AvgIpc) is 2.20. The number of nitrogens with two attached hydrogens (primary N) is 1. The lowest BCUT2D eigenvalue weighted by molar-refractivity contribution is -0.111. The summed E-state index contributed by atoms with van der Waals surface area (Å²) in [6.07, 6.45) is 2.27. The molecule has 76 valence electrons. The van der Waals surface area contributed by atoms with Crippen molar-refractivity contribution in [2.45, 2.75) is 25.4 Å². The number of nitrogens with one attached hydrogen (secondary N) is 1. The van der Waals surface area contributed by atoms with Gasteiger partial charge in [0.2, 0.25) is 0 Å². The van der Waals surface area contributed by atoms with Gasteiger partial charge >= 0.3 is 0 Å². The fourth-order valence-electron chi connectivity index (χ4n) is 1.35. The Balaban J connectivity index is 2.70. The number of carbonyl (C=O) groups excluding carboxylic acids is 1. The molecule has 1 aromatic carbocycles. The summed E-state index contributed by atoms with van der Waals surface area (Å²) in [7, 11) is 0. The Kier molecular flexibility index (Phi) is 3.65. The van der Waals surface area contributed by atoms with Crippen LogP contribution in [0.15, 0.2) is 30.3 Å². The quantitative estimate of drug-likeness (QED) is 0.552. The normalized spacial score (nSPS) is 14.4. The van der Waals surface area contributed by atoms with Crippen LogP contribution in [0.1, 0.15) is 19.8 Å². The highest BCUT2D eigenvalue weighted by molar-refractivity contribution is 5.69. The topological polar surface area (TPSA) is 55.1 Å².